The number of aryl methyl sites for hydroxylation is 1. The smallest absolute Gasteiger partial charge is 0.224 e. The molecule has 132 valence electrons. The van der Waals surface area contributed by atoms with Gasteiger partial charge in [-0.1, -0.05) is 6.07 Å². The normalized spacial score (nSPS) is 10.3. The highest BCUT2D eigenvalue weighted by Gasteiger charge is 2.08. The van der Waals surface area contributed by atoms with E-state index in [4.69, 9.17) is 0 Å². The molecule has 26 heavy (non-hydrogen) atoms. The zero-order valence-corrected chi connectivity index (χ0v) is 15.0. The van der Waals surface area contributed by atoms with E-state index in [1.54, 1.807) is 48.0 Å². The van der Waals surface area contributed by atoms with Crippen LogP contribution in [0.15, 0.2) is 54.2 Å². The Kier molecular flexibility index (Phi) is 5.70. The second-order valence-electron chi connectivity index (χ2n) is 5.67. The molecule has 2 amide bonds. The van der Waals surface area contributed by atoms with Crippen molar-refractivity contribution in [3.63, 3.8) is 0 Å². The summed E-state index contributed by atoms with van der Waals surface area (Å²) < 4.78 is 0. The van der Waals surface area contributed by atoms with Gasteiger partial charge in [0.15, 0.2) is 0 Å². The van der Waals surface area contributed by atoms with Gasteiger partial charge in [-0.15, -0.1) is 11.3 Å². The van der Waals surface area contributed by atoms with Crippen LogP contribution in [0, 0.1) is 0 Å². The number of pyridine rings is 1. The Morgan fingerprint density at radius 1 is 1.08 bits per heavy atom. The molecule has 2 heterocycles. The maximum absolute atomic E-state index is 12.2. The highest BCUT2D eigenvalue weighted by Crippen LogP contribution is 2.22. The standard InChI is InChI=1S/C19H18N4O2S/c1-13(24)21-15-3-2-4-16(11-15)22-18(25)5-6-19-23-17(12-26-19)14-7-9-20-10-8-14/h2-4,7-12H,5-6H2,1H3,(H,21,24)(H,22,25). The van der Waals surface area contributed by atoms with Crippen molar-refractivity contribution in [3.05, 3.63) is 59.2 Å². The summed E-state index contributed by atoms with van der Waals surface area (Å²) in [6.45, 7) is 1.44. The topological polar surface area (TPSA) is 84.0 Å². The van der Waals surface area contributed by atoms with Crippen LogP contribution in [0.1, 0.15) is 18.4 Å². The molecule has 6 nitrogen and oxygen atoms in total. The predicted octanol–water partition coefficient (Wildman–Crippen LogP) is 3.73. The zero-order chi connectivity index (χ0) is 18.4. The minimum Gasteiger partial charge on any atom is -0.326 e. The van der Waals surface area contributed by atoms with Crippen LogP contribution >= 0.6 is 11.3 Å². The van der Waals surface area contributed by atoms with Crippen molar-refractivity contribution in [2.24, 2.45) is 0 Å². The first-order valence-corrected chi connectivity index (χ1v) is 9.00. The van der Waals surface area contributed by atoms with Crippen molar-refractivity contribution in [2.75, 3.05) is 10.6 Å². The fourth-order valence-electron chi connectivity index (χ4n) is 2.40. The quantitative estimate of drug-likeness (QED) is 0.696. The molecule has 0 fully saturated rings. The van der Waals surface area contributed by atoms with Crippen molar-refractivity contribution in [3.8, 4) is 11.3 Å². The summed E-state index contributed by atoms with van der Waals surface area (Å²) in [5, 5.41) is 8.44. The molecule has 0 saturated heterocycles. The molecule has 0 bridgehead atoms. The molecule has 0 saturated carbocycles. The Bertz CT molecular complexity index is 909. The van der Waals surface area contributed by atoms with Crippen LogP contribution in [0.4, 0.5) is 11.4 Å². The van der Waals surface area contributed by atoms with Crippen LogP contribution in [0.2, 0.25) is 0 Å². The third-order valence-electron chi connectivity index (χ3n) is 3.56. The van der Waals surface area contributed by atoms with Crippen LogP contribution in [-0.2, 0) is 16.0 Å². The van der Waals surface area contributed by atoms with E-state index in [-0.39, 0.29) is 11.8 Å². The zero-order valence-electron chi connectivity index (χ0n) is 14.2. The number of nitrogens with one attached hydrogen (secondary N) is 2. The Labute approximate surface area is 155 Å². The lowest BCUT2D eigenvalue weighted by atomic mass is 10.2. The van der Waals surface area contributed by atoms with Gasteiger partial charge in [0.1, 0.15) is 0 Å². The number of hydrogen-bond acceptors (Lipinski definition) is 5. The average Bonchev–Trinajstić information content (AvgIpc) is 3.09. The summed E-state index contributed by atoms with van der Waals surface area (Å²) >= 11 is 1.54. The Morgan fingerprint density at radius 2 is 1.81 bits per heavy atom. The molecule has 1 aromatic carbocycles. The monoisotopic (exact) mass is 366 g/mol. The van der Waals surface area contributed by atoms with Gasteiger partial charge in [-0.25, -0.2) is 4.98 Å². The van der Waals surface area contributed by atoms with Gasteiger partial charge in [-0.3, -0.25) is 14.6 Å². The fraction of sp³-hybridized carbons (Fsp3) is 0.158. The molecule has 0 atom stereocenters. The van der Waals surface area contributed by atoms with Gasteiger partial charge in [-0.2, -0.15) is 0 Å². The van der Waals surface area contributed by atoms with Gasteiger partial charge in [-0.05, 0) is 30.3 Å². The summed E-state index contributed by atoms with van der Waals surface area (Å²) in [5.41, 5.74) is 3.22. The van der Waals surface area contributed by atoms with E-state index in [0.29, 0.717) is 24.2 Å². The Morgan fingerprint density at radius 3 is 2.54 bits per heavy atom. The molecule has 3 rings (SSSR count). The first-order valence-electron chi connectivity index (χ1n) is 8.12. The number of rotatable bonds is 6. The maximum atomic E-state index is 12.2. The maximum Gasteiger partial charge on any atom is 0.224 e. The summed E-state index contributed by atoms with van der Waals surface area (Å²) in [4.78, 5) is 31.8. The molecule has 0 aliphatic carbocycles. The third-order valence-corrected chi connectivity index (χ3v) is 4.47. The van der Waals surface area contributed by atoms with E-state index in [2.05, 4.69) is 20.6 Å². The van der Waals surface area contributed by atoms with Crippen LogP contribution in [-0.4, -0.2) is 21.8 Å². The minimum atomic E-state index is -0.151. The average molecular weight is 366 g/mol. The number of amides is 2. The van der Waals surface area contributed by atoms with Gasteiger partial charge in [0.2, 0.25) is 11.8 Å². The van der Waals surface area contributed by atoms with E-state index < -0.39 is 0 Å². The van der Waals surface area contributed by atoms with E-state index in [0.717, 1.165) is 16.3 Å². The van der Waals surface area contributed by atoms with E-state index in [1.165, 1.54) is 6.92 Å². The van der Waals surface area contributed by atoms with E-state index in [9.17, 15) is 9.59 Å². The summed E-state index contributed by atoms with van der Waals surface area (Å²) in [7, 11) is 0. The molecule has 7 heteroatoms. The first-order chi connectivity index (χ1) is 12.6. The molecule has 3 aromatic rings. The van der Waals surface area contributed by atoms with Crippen molar-refractivity contribution in [2.45, 2.75) is 19.8 Å². The number of hydrogen-bond donors (Lipinski definition) is 2. The van der Waals surface area contributed by atoms with Crippen LogP contribution in [0.25, 0.3) is 11.3 Å². The SMILES string of the molecule is CC(=O)Nc1cccc(NC(=O)CCc2nc(-c3ccncc3)cs2)c1. The van der Waals surface area contributed by atoms with Crippen molar-refractivity contribution in [1.29, 1.82) is 0 Å². The number of aromatic nitrogens is 2. The summed E-state index contributed by atoms with van der Waals surface area (Å²) in [6, 6.07) is 10.9. The van der Waals surface area contributed by atoms with Gasteiger partial charge in [0.05, 0.1) is 10.7 Å². The number of benzene rings is 1. The lowest BCUT2D eigenvalue weighted by Crippen LogP contribution is -2.13. The number of carbonyl (C=O) groups is 2. The lowest BCUT2D eigenvalue weighted by Gasteiger charge is -2.07. The largest absolute Gasteiger partial charge is 0.326 e. The molecule has 2 aromatic heterocycles. The second-order valence-corrected chi connectivity index (χ2v) is 6.62. The minimum absolute atomic E-state index is 0.0920. The third kappa shape index (κ3) is 4.97. The van der Waals surface area contributed by atoms with Gasteiger partial charge < -0.3 is 10.6 Å². The van der Waals surface area contributed by atoms with Crippen LogP contribution in [0.5, 0.6) is 0 Å². The number of thiazole rings is 1. The highest BCUT2D eigenvalue weighted by molar-refractivity contribution is 7.09. The van der Waals surface area contributed by atoms with Crippen molar-refractivity contribution >= 4 is 34.5 Å². The molecule has 0 spiro atoms. The number of anilines is 2. The summed E-state index contributed by atoms with van der Waals surface area (Å²) in [5.74, 6) is -0.243. The van der Waals surface area contributed by atoms with Gasteiger partial charge in [0, 0.05) is 54.5 Å². The molecular formula is C19H18N4O2S. The molecule has 0 unspecified atom stereocenters. The molecule has 0 aliphatic heterocycles. The predicted molar refractivity (Wildman–Crippen MR) is 103 cm³/mol. The molecule has 2 N–H and O–H groups in total. The van der Waals surface area contributed by atoms with Crippen LogP contribution in [0.3, 0.4) is 0 Å². The highest BCUT2D eigenvalue weighted by atomic mass is 32.1. The molecular weight excluding hydrogens is 348 g/mol. The first kappa shape index (κ1) is 17.8. The second kappa shape index (κ2) is 8.35. The molecule has 0 radical (unpaired) electrons. The number of carbonyl (C=O) groups excluding carboxylic acids is 2. The van der Waals surface area contributed by atoms with Gasteiger partial charge in [0.25, 0.3) is 0 Å². The van der Waals surface area contributed by atoms with Gasteiger partial charge >= 0.3 is 0 Å². The Balaban J connectivity index is 1.55. The van der Waals surface area contributed by atoms with Crippen molar-refractivity contribution < 1.29 is 9.59 Å². The van der Waals surface area contributed by atoms with Crippen LogP contribution < -0.4 is 10.6 Å². The number of nitrogens with zero attached hydrogens (tertiary/aromatic N) is 2. The van der Waals surface area contributed by atoms with E-state index >= 15 is 0 Å². The Hall–Kier alpha value is -3.06. The summed E-state index contributed by atoms with van der Waals surface area (Å²) in [6.07, 6.45) is 4.38. The van der Waals surface area contributed by atoms with E-state index in [1.807, 2.05) is 17.5 Å². The lowest BCUT2D eigenvalue weighted by molar-refractivity contribution is -0.116. The van der Waals surface area contributed by atoms with Crippen molar-refractivity contribution in [1.82, 2.24) is 9.97 Å². The molecule has 0 aliphatic rings. The fourth-order valence-corrected chi connectivity index (χ4v) is 3.21.